The van der Waals surface area contributed by atoms with E-state index in [9.17, 15) is 35.1 Å². The van der Waals surface area contributed by atoms with Crippen LogP contribution in [0.1, 0.15) is 16.7 Å². The molecule has 0 aliphatic carbocycles. The number of nitriles is 1. The van der Waals surface area contributed by atoms with Gasteiger partial charge in [0.05, 0.1) is 24.6 Å². The summed E-state index contributed by atoms with van der Waals surface area (Å²) in [4.78, 5) is 2.00. The van der Waals surface area contributed by atoms with Gasteiger partial charge in [0.25, 0.3) is 0 Å². The highest BCUT2D eigenvalue weighted by molar-refractivity contribution is 5.61. The van der Waals surface area contributed by atoms with Crippen LogP contribution in [0, 0.1) is 29.5 Å². The highest BCUT2D eigenvalue weighted by atomic mass is 19.4. The van der Waals surface area contributed by atoms with Crippen molar-refractivity contribution in [3.63, 3.8) is 0 Å². The number of hydrogen-bond acceptors (Lipinski definition) is 1. The molecule has 0 fully saturated rings. The molecule has 0 radical (unpaired) electrons. The largest absolute Gasteiger partial charge is 0.418 e. The first kappa shape index (κ1) is 16.7. The summed E-state index contributed by atoms with van der Waals surface area (Å²) in [7, 11) is 0. The number of nitrogens with zero attached hydrogens (tertiary/aromatic N) is 2. The molecule has 1 aromatic rings. The maximum Gasteiger partial charge on any atom is 0.418 e. The molecule has 0 saturated carbocycles. The van der Waals surface area contributed by atoms with Gasteiger partial charge in [-0.3, -0.25) is 0 Å². The summed E-state index contributed by atoms with van der Waals surface area (Å²) in [6, 6.07) is 1.03. The van der Waals surface area contributed by atoms with Gasteiger partial charge in [-0.25, -0.2) is 13.6 Å². The van der Waals surface area contributed by atoms with E-state index in [0.717, 1.165) is 6.07 Å². The second-order valence-corrected chi connectivity index (χ2v) is 3.65. The first-order chi connectivity index (χ1) is 9.46. The van der Waals surface area contributed by atoms with Crippen molar-refractivity contribution in [1.29, 1.82) is 5.26 Å². The van der Waals surface area contributed by atoms with Crippen molar-refractivity contribution in [3.8, 4) is 6.07 Å². The molecule has 0 saturated heterocycles. The number of halogens is 8. The van der Waals surface area contributed by atoms with Gasteiger partial charge >= 0.3 is 12.4 Å². The summed E-state index contributed by atoms with van der Waals surface area (Å²) in [5.41, 5.74) is -8.72. The van der Waals surface area contributed by atoms with E-state index in [4.69, 9.17) is 11.8 Å². The molecule has 2 nitrogen and oxygen atoms in total. The van der Waals surface area contributed by atoms with Crippen molar-refractivity contribution in [1.82, 2.24) is 0 Å². The van der Waals surface area contributed by atoms with Gasteiger partial charge < -0.3 is 0 Å². The van der Waals surface area contributed by atoms with Crippen LogP contribution in [0.3, 0.4) is 0 Å². The third kappa shape index (κ3) is 2.89. The Morgan fingerprint density at radius 3 is 1.76 bits per heavy atom. The Bertz CT molecular complexity index is 657. The molecule has 0 heterocycles. The molecule has 1 aromatic carbocycles. The first-order valence-electron chi connectivity index (χ1n) is 4.89. The molecule has 0 aliphatic rings. The third-order valence-electron chi connectivity index (χ3n) is 2.39. The van der Waals surface area contributed by atoms with Crippen molar-refractivity contribution in [2.24, 2.45) is 0 Å². The molecule has 0 aromatic heterocycles. The minimum absolute atomic E-state index is 1.03. The molecule has 0 bridgehead atoms. The van der Waals surface area contributed by atoms with Crippen LogP contribution >= 0.6 is 0 Å². The van der Waals surface area contributed by atoms with Crippen molar-refractivity contribution < 1.29 is 35.1 Å². The summed E-state index contributed by atoms with van der Waals surface area (Å²) in [6.07, 6.45) is -12.6. The molecule has 0 N–H and O–H groups in total. The average Bonchev–Trinajstić information content (AvgIpc) is 2.29. The second kappa shape index (κ2) is 5.20. The smallest absolute Gasteiger partial charge is 0.234 e. The van der Waals surface area contributed by atoms with Gasteiger partial charge in [0.15, 0.2) is 0 Å². The quantitative estimate of drug-likeness (QED) is 0.549. The van der Waals surface area contributed by atoms with E-state index in [1.54, 1.807) is 0 Å². The minimum atomic E-state index is -5.58. The topological polar surface area (TPSA) is 28.1 Å². The Balaban J connectivity index is 4.02. The van der Waals surface area contributed by atoms with E-state index in [1.807, 2.05) is 4.85 Å². The Kier molecular flexibility index (Phi) is 4.14. The molecule has 1 rings (SSSR count). The fourth-order valence-electron chi connectivity index (χ4n) is 1.63. The molecule has 0 unspecified atom stereocenters. The minimum Gasteiger partial charge on any atom is -0.234 e. The van der Waals surface area contributed by atoms with Crippen LogP contribution < -0.4 is 0 Å². The van der Waals surface area contributed by atoms with Gasteiger partial charge in [-0.15, -0.1) is 0 Å². The van der Waals surface area contributed by atoms with E-state index in [-0.39, 0.29) is 0 Å². The van der Waals surface area contributed by atoms with E-state index >= 15 is 0 Å². The van der Waals surface area contributed by atoms with Gasteiger partial charge in [-0.1, -0.05) is 0 Å². The maximum absolute atomic E-state index is 13.7. The van der Waals surface area contributed by atoms with Crippen LogP contribution in [-0.2, 0) is 18.8 Å². The molecule has 0 aliphatic heterocycles. The number of rotatable bonds is 1. The molecule has 0 amide bonds. The zero-order chi connectivity index (χ0) is 16.6. The molecular weight excluding hydrogens is 312 g/mol. The van der Waals surface area contributed by atoms with Gasteiger partial charge in [0, 0.05) is 5.56 Å². The van der Waals surface area contributed by atoms with E-state index in [0.29, 0.717) is 0 Å². The predicted octanol–water partition coefficient (Wildman–Crippen LogP) is 4.62. The average molecular weight is 314 g/mol. The Morgan fingerprint density at radius 1 is 0.952 bits per heavy atom. The molecule has 112 valence electrons. The van der Waals surface area contributed by atoms with Crippen LogP contribution in [-0.4, -0.2) is 0 Å². The van der Waals surface area contributed by atoms with Gasteiger partial charge in [0.1, 0.15) is 17.2 Å². The maximum atomic E-state index is 13.7. The van der Waals surface area contributed by atoms with Gasteiger partial charge in [0.2, 0.25) is 5.69 Å². The lowest BCUT2D eigenvalue weighted by Gasteiger charge is -2.19. The summed E-state index contributed by atoms with van der Waals surface area (Å²) in [5.74, 6) is -5.01. The molecule has 10 heteroatoms. The zero-order valence-corrected chi connectivity index (χ0v) is 9.63. The normalized spacial score (nSPS) is 11.9. The summed E-state index contributed by atoms with van der Waals surface area (Å²) < 4.78 is 103. The molecule has 0 spiro atoms. The van der Waals surface area contributed by atoms with Gasteiger partial charge in [-0.2, -0.15) is 31.6 Å². The second-order valence-electron chi connectivity index (χ2n) is 3.65. The van der Waals surface area contributed by atoms with Gasteiger partial charge in [-0.05, 0) is 0 Å². The van der Waals surface area contributed by atoms with Crippen LogP contribution in [0.2, 0.25) is 0 Å². The van der Waals surface area contributed by atoms with Crippen molar-refractivity contribution in [3.05, 3.63) is 39.7 Å². The van der Waals surface area contributed by atoms with Crippen molar-refractivity contribution >= 4 is 5.69 Å². The standard InChI is InChI=1S/C11H2F8N2/c1-21-9-6(11(17,18)19)7(12)4(2-3-20)5(8(9)13)10(14,15)16/h2H2. The SMILES string of the molecule is [C-]#[N+]c1c(F)c(C(F)(F)F)c(CC#N)c(F)c1C(F)(F)F. The lowest BCUT2D eigenvalue weighted by Crippen LogP contribution is -2.19. The van der Waals surface area contributed by atoms with Crippen LogP contribution in [0.5, 0.6) is 0 Å². The van der Waals surface area contributed by atoms with E-state index in [1.165, 1.54) is 0 Å². The molecule has 21 heavy (non-hydrogen) atoms. The van der Waals surface area contributed by atoms with E-state index in [2.05, 4.69) is 0 Å². The van der Waals surface area contributed by atoms with Crippen molar-refractivity contribution in [2.45, 2.75) is 18.8 Å². The van der Waals surface area contributed by atoms with Crippen molar-refractivity contribution in [2.75, 3.05) is 0 Å². The van der Waals surface area contributed by atoms with Crippen LogP contribution in [0.15, 0.2) is 0 Å². The highest BCUT2D eigenvalue weighted by Gasteiger charge is 2.46. The van der Waals surface area contributed by atoms with Crippen LogP contribution in [0.25, 0.3) is 4.85 Å². The third-order valence-corrected chi connectivity index (χ3v) is 2.39. The Morgan fingerprint density at radius 2 is 1.43 bits per heavy atom. The lowest BCUT2D eigenvalue weighted by molar-refractivity contribution is -0.145. The monoisotopic (exact) mass is 314 g/mol. The lowest BCUT2D eigenvalue weighted by atomic mass is 9.97. The highest BCUT2D eigenvalue weighted by Crippen LogP contribution is 2.46. The van der Waals surface area contributed by atoms with E-state index < -0.39 is 52.8 Å². The first-order valence-corrected chi connectivity index (χ1v) is 4.89. The zero-order valence-electron chi connectivity index (χ0n) is 9.63. The Hall–Kier alpha value is -2.36. The van der Waals surface area contributed by atoms with Crippen LogP contribution in [0.4, 0.5) is 40.8 Å². The number of hydrogen-bond donors (Lipinski definition) is 0. The summed E-state index contributed by atoms with van der Waals surface area (Å²) in [5, 5.41) is 8.30. The molecule has 0 atom stereocenters. The number of benzene rings is 1. The predicted molar refractivity (Wildman–Crippen MR) is 51.9 cm³/mol. The Labute approximate surface area is 112 Å². The molecular formula is C11H2F8N2. The fraction of sp³-hybridized carbons (Fsp3) is 0.273. The number of alkyl halides is 6. The fourth-order valence-corrected chi connectivity index (χ4v) is 1.63. The summed E-state index contributed by atoms with van der Waals surface area (Å²) >= 11 is 0. The summed E-state index contributed by atoms with van der Waals surface area (Å²) in [6.45, 7) is 6.36.